The van der Waals surface area contributed by atoms with E-state index in [2.05, 4.69) is 9.97 Å². The number of aryl methyl sites for hydroxylation is 1. The molecule has 0 saturated carbocycles. The molecule has 1 aromatic carbocycles. The number of nitrogens with zero attached hydrogens (tertiary/aromatic N) is 2. The maximum atomic E-state index is 11.0. The van der Waals surface area contributed by atoms with E-state index >= 15 is 0 Å². The van der Waals surface area contributed by atoms with E-state index in [9.17, 15) is 4.79 Å². The fourth-order valence-corrected chi connectivity index (χ4v) is 1.42. The van der Waals surface area contributed by atoms with Crippen molar-refractivity contribution in [2.45, 2.75) is 6.92 Å². The van der Waals surface area contributed by atoms with E-state index in [4.69, 9.17) is 5.11 Å². The molecule has 1 heterocycles. The number of carbonyl (C=O) groups is 1. The summed E-state index contributed by atoms with van der Waals surface area (Å²) in [6, 6.07) is 7.50. The highest BCUT2D eigenvalue weighted by atomic mass is 16.4. The number of carboxylic acids is 1. The number of carboxylic acid groups (broad SMARTS) is 1. The van der Waals surface area contributed by atoms with Crippen LogP contribution in [0.2, 0.25) is 0 Å². The molecule has 1 aromatic heterocycles. The highest BCUT2D eigenvalue weighted by molar-refractivity contribution is 5.92. The summed E-state index contributed by atoms with van der Waals surface area (Å²) in [5, 5.41) is 8.98. The topological polar surface area (TPSA) is 63.1 Å². The Balaban J connectivity index is 2.55. The molecule has 80 valence electrons. The minimum Gasteiger partial charge on any atom is -0.476 e. The monoisotopic (exact) mass is 214 g/mol. The van der Waals surface area contributed by atoms with Crippen LogP contribution in [0.3, 0.4) is 0 Å². The van der Waals surface area contributed by atoms with Gasteiger partial charge in [0.1, 0.15) is 5.69 Å². The maximum Gasteiger partial charge on any atom is 0.356 e. The van der Waals surface area contributed by atoms with Gasteiger partial charge in [-0.1, -0.05) is 29.8 Å². The Morgan fingerprint density at radius 3 is 2.38 bits per heavy atom. The Morgan fingerprint density at radius 1 is 1.12 bits per heavy atom. The van der Waals surface area contributed by atoms with E-state index < -0.39 is 5.97 Å². The van der Waals surface area contributed by atoms with Crippen molar-refractivity contribution in [2.75, 3.05) is 0 Å². The van der Waals surface area contributed by atoms with Gasteiger partial charge in [-0.05, 0) is 6.92 Å². The predicted octanol–water partition coefficient (Wildman–Crippen LogP) is 2.15. The SMILES string of the molecule is Cc1ccc(-c2nccnc2C(=O)O)cc1. The summed E-state index contributed by atoms with van der Waals surface area (Å²) in [6.45, 7) is 1.97. The molecule has 1 N–H and O–H groups in total. The highest BCUT2D eigenvalue weighted by Gasteiger charge is 2.13. The Hall–Kier alpha value is -2.23. The maximum absolute atomic E-state index is 11.0. The normalized spacial score (nSPS) is 10.1. The first kappa shape index (κ1) is 10.3. The minimum absolute atomic E-state index is 0.0219. The second kappa shape index (κ2) is 4.10. The van der Waals surface area contributed by atoms with Gasteiger partial charge >= 0.3 is 5.97 Å². The van der Waals surface area contributed by atoms with Gasteiger partial charge in [-0.25, -0.2) is 9.78 Å². The molecule has 0 radical (unpaired) electrons. The Bertz CT molecular complexity index is 521. The third kappa shape index (κ3) is 1.91. The summed E-state index contributed by atoms with van der Waals surface area (Å²) in [6.07, 6.45) is 2.86. The Morgan fingerprint density at radius 2 is 1.75 bits per heavy atom. The highest BCUT2D eigenvalue weighted by Crippen LogP contribution is 2.19. The molecule has 0 aliphatic heterocycles. The Labute approximate surface area is 92.6 Å². The third-order valence-electron chi connectivity index (χ3n) is 2.23. The number of aromatic carboxylic acids is 1. The van der Waals surface area contributed by atoms with E-state index in [1.54, 1.807) is 0 Å². The molecule has 0 atom stereocenters. The zero-order valence-electron chi connectivity index (χ0n) is 8.71. The van der Waals surface area contributed by atoms with Crippen LogP contribution < -0.4 is 0 Å². The van der Waals surface area contributed by atoms with E-state index in [1.807, 2.05) is 31.2 Å². The lowest BCUT2D eigenvalue weighted by molar-refractivity contribution is 0.0691. The van der Waals surface area contributed by atoms with Crippen molar-refractivity contribution < 1.29 is 9.90 Å². The number of hydrogen-bond donors (Lipinski definition) is 1. The van der Waals surface area contributed by atoms with Gasteiger partial charge in [0, 0.05) is 18.0 Å². The molecule has 4 nitrogen and oxygen atoms in total. The summed E-state index contributed by atoms with van der Waals surface area (Å²) in [7, 11) is 0. The molecule has 2 rings (SSSR count). The summed E-state index contributed by atoms with van der Waals surface area (Å²) < 4.78 is 0. The van der Waals surface area contributed by atoms with Crippen molar-refractivity contribution in [3.63, 3.8) is 0 Å². The summed E-state index contributed by atoms with van der Waals surface area (Å²) in [5.41, 5.74) is 2.25. The largest absolute Gasteiger partial charge is 0.476 e. The quantitative estimate of drug-likeness (QED) is 0.831. The van der Waals surface area contributed by atoms with Crippen LogP contribution in [-0.4, -0.2) is 21.0 Å². The van der Waals surface area contributed by atoms with Gasteiger partial charge < -0.3 is 5.11 Å². The van der Waals surface area contributed by atoms with Crippen LogP contribution in [0.1, 0.15) is 16.1 Å². The molecule has 0 aliphatic rings. The van der Waals surface area contributed by atoms with Gasteiger partial charge in [0.05, 0.1) is 0 Å². The van der Waals surface area contributed by atoms with Crippen molar-refractivity contribution in [2.24, 2.45) is 0 Å². The fraction of sp³-hybridized carbons (Fsp3) is 0.0833. The molecule has 4 heteroatoms. The molecule has 0 fully saturated rings. The van der Waals surface area contributed by atoms with E-state index in [0.717, 1.165) is 11.1 Å². The lowest BCUT2D eigenvalue weighted by Crippen LogP contribution is -2.04. The van der Waals surface area contributed by atoms with Gasteiger partial charge in [0.2, 0.25) is 0 Å². The lowest BCUT2D eigenvalue weighted by Gasteiger charge is -2.03. The molecule has 0 aliphatic carbocycles. The smallest absolute Gasteiger partial charge is 0.356 e. The average molecular weight is 214 g/mol. The minimum atomic E-state index is -1.07. The molecule has 0 bridgehead atoms. The molecular formula is C12H10N2O2. The second-order valence-electron chi connectivity index (χ2n) is 3.42. The Kier molecular flexibility index (Phi) is 2.64. The van der Waals surface area contributed by atoms with E-state index in [0.29, 0.717) is 5.69 Å². The number of benzene rings is 1. The second-order valence-corrected chi connectivity index (χ2v) is 3.42. The average Bonchev–Trinajstić information content (AvgIpc) is 2.30. The zero-order valence-corrected chi connectivity index (χ0v) is 8.71. The number of aromatic nitrogens is 2. The first-order valence-corrected chi connectivity index (χ1v) is 4.80. The van der Waals surface area contributed by atoms with Gasteiger partial charge in [0.25, 0.3) is 0 Å². The van der Waals surface area contributed by atoms with Crippen molar-refractivity contribution >= 4 is 5.97 Å². The van der Waals surface area contributed by atoms with Crippen LogP contribution >= 0.6 is 0 Å². The molecule has 16 heavy (non-hydrogen) atoms. The molecule has 0 saturated heterocycles. The van der Waals surface area contributed by atoms with E-state index in [-0.39, 0.29) is 5.69 Å². The van der Waals surface area contributed by atoms with Crippen LogP contribution in [0.25, 0.3) is 11.3 Å². The number of hydrogen-bond acceptors (Lipinski definition) is 3. The van der Waals surface area contributed by atoms with Gasteiger partial charge in [0.15, 0.2) is 5.69 Å². The van der Waals surface area contributed by atoms with Crippen molar-refractivity contribution in [1.29, 1.82) is 0 Å². The third-order valence-corrected chi connectivity index (χ3v) is 2.23. The van der Waals surface area contributed by atoms with Crippen LogP contribution in [0.15, 0.2) is 36.7 Å². The summed E-state index contributed by atoms with van der Waals surface area (Å²) in [5.74, 6) is -1.07. The lowest BCUT2D eigenvalue weighted by atomic mass is 10.1. The van der Waals surface area contributed by atoms with Crippen molar-refractivity contribution in [3.05, 3.63) is 47.9 Å². The van der Waals surface area contributed by atoms with Crippen LogP contribution in [0.5, 0.6) is 0 Å². The summed E-state index contributed by atoms with van der Waals surface area (Å²) in [4.78, 5) is 18.8. The first-order chi connectivity index (χ1) is 7.68. The standard InChI is InChI=1S/C12H10N2O2/c1-8-2-4-9(5-3-8)10-11(12(15)16)14-7-6-13-10/h2-7H,1H3,(H,15,16). The van der Waals surface area contributed by atoms with Crippen LogP contribution in [0.4, 0.5) is 0 Å². The van der Waals surface area contributed by atoms with E-state index in [1.165, 1.54) is 12.4 Å². The molecule has 2 aromatic rings. The van der Waals surface area contributed by atoms with Crippen LogP contribution in [-0.2, 0) is 0 Å². The first-order valence-electron chi connectivity index (χ1n) is 4.80. The fourth-order valence-electron chi connectivity index (χ4n) is 1.42. The molecule has 0 spiro atoms. The molecule has 0 unspecified atom stereocenters. The predicted molar refractivity (Wildman–Crippen MR) is 59.2 cm³/mol. The summed E-state index contributed by atoms with van der Waals surface area (Å²) >= 11 is 0. The van der Waals surface area contributed by atoms with Crippen molar-refractivity contribution in [1.82, 2.24) is 9.97 Å². The van der Waals surface area contributed by atoms with Gasteiger partial charge in [-0.2, -0.15) is 0 Å². The number of rotatable bonds is 2. The van der Waals surface area contributed by atoms with Gasteiger partial charge in [-0.15, -0.1) is 0 Å². The molecule has 0 amide bonds. The van der Waals surface area contributed by atoms with Gasteiger partial charge in [-0.3, -0.25) is 4.98 Å². The molecular weight excluding hydrogens is 204 g/mol. The van der Waals surface area contributed by atoms with Crippen molar-refractivity contribution in [3.8, 4) is 11.3 Å². The zero-order chi connectivity index (χ0) is 11.5. The van der Waals surface area contributed by atoms with Crippen LogP contribution in [0, 0.1) is 6.92 Å².